The van der Waals surface area contributed by atoms with E-state index in [1.54, 1.807) is 37.4 Å². The number of amides is 1. The van der Waals surface area contributed by atoms with Crippen LogP contribution in [0.25, 0.3) is 11.0 Å². The number of fused-ring (bicyclic) bond motifs is 2. The van der Waals surface area contributed by atoms with Gasteiger partial charge < -0.3 is 18.9 Å². The number of aryl methyl sites for hydroxylation is 2. The fourth-order valence-electron chi connectivity index (χ4n) is 4.73. The molecule has 0 aliphatic carbocycles. The number of aromatic nitrogens is 4. The first-order valence-corrected chi connectivity index (χ1v) is 12.4. The van der Waals surface area contributed by atoms with Crippen LogP contribution in [0.2, 0.25) is 0 Å². The minimum atomic E-state index is -0.480. The molecule has 0 saturated carbocycles. The summed E-state index contributed by atoms with van der Waals surface area (Å²) in [4.78, 5) is 41.1. The highest BCUT2D eigenvalue weighted by Crippen LogP contribution is 2.30. The number of nitrogens with zero attached hydrogens (tertiary/aromatic N) is 5. The lowest BCUT2D eigenvalue weighted by molar-refractivity contribution is -0.144. The topological polar surface area (TPSA) is 99.4 Å². The maximum atomic E-state index is 13.6. The highest BCUT2D eigenvalue weighted by Gasteiger charge is 2.33. The Morgan fingerprint density at radius 1 is 1.11 bits per heavy atom. The fraction of sp³-hybridized carbons (Fsp3) is 0.321. The summed E-state index contributed by atoms with van der Waals surface area (Å²) in [6.07, 6.45) is 7.00. The summed E-state index contributed by atoms with van der Waals surface area (Å²) in [5, 5.41) is 1.01. The van der Waals surface area contributed by atoms with Gasteiger partial charge in [0.15, 0.2) is 5.65 Å². The van der Waals surface area contributed by atoms with Crippen molar-refractivity contribution in [2.24, 2.45) is 0 Å². The van der Waals surface area contributed by atoms with E-state index in [2.05, 4.69) is 15.0 Å². The maximum Gasteiger partial charge on any atom is 0.308 e. The molecule has 0 N–H and O–H groups in total. The monoisotopic (exact) mass is 499 g/mol. The number of ether oxygens (including phenoxy) is 2. The molecule has 0 saturated heterocycles. The van der Waals surface area contributed by atoms with Crippen molar-refractivity contribution in [2.75, 3.05) is 20.3 Å². The molecule has 1 aliphatic rings. The molecule has 1 amide bonds. The summed E-state index contributed by atoms with van der Waals surface area (Å²) in [6.45, 7) is 3.18. The summed E-state index contributed by atoms with van der Waals surface area (Å²) in [5.74, 6) is 0.00425. The van der Waals surface area contributed by atoms with Gasteiger partial charge in [-0.15, -0.1) is 0 Å². The second-order valence-corrected chi connectivity index (χ2v) is 8.94. The minimum absolute atomic E-state index is 0.0584. The zero-order valence-corrected chi connectivity index (χ0v) is 21.0. The van der Waals surface area contributed by atoms with Crippen molar-refractivity contribution >= 4 is 22.9 Å². The highest BCUT2D eigenvalue weighted by molar-refractivity contribution is 5.94. The number of methoxy groups -OCH3 is 1. The zero-order valence-electron chi connectivity index (χ0n) is 21.0. The minimum Gasteiger partial charge on any atom is -0.481 e. The van der Waals surface area contributed by atoms with E-state index >= 15 is 0 Å². The molecular weight excluding hydrogens is 470 g/mol. The maximum absolute atomic E-state index is 13.6. The van der Waals surface area contributed by atoms with Crippen molar-refractivity contribution in [3.05, 3.63) is 83.6 Å². The average molecular weight is 500 g/mol. The Hall–Kier alpha value is -4.27. The van der Waals surface area contributed by atoms with Crippen molar-refractivity contribution in [1.29, 1.82) is 0 Å². The summed E-state index contributed by atoms with van der Waals surface area (Å²) < 4.78 is 12.4. The van der Waals surface area contributed by atoms with E-state index in [0.717, 1.165) is 40.7 Å². The molecule has 1 atom stereocenters. The third kappa shape index (κ3) is 5.30. The van der Waals surface area contributed by atoms with Crippen LogP contribution in [0.4, 0.5) is 0 Å². The normalized spacial score (nSPS) is 13.9. The standard InChI is InChI=1S/C28H29N5O4/c1-3-37-26(34)16-23(21-8-11-25(36-2)30-17-21)33-14-13-32-18-19(15-24(32)28(33)35)6-9-22-10-7-20-5-4-12-29-27(20)31-22/h4-5,7-8,10-12,15,17-18,23H,3,6,9,13-14,16H2,1-2H3/t23-/m0/s1. The van der Waals surface area contributed by atoms with Crippen molar-refractivity contribution in [1.82, 2.24) is 24.4 Å². The Morgan fingerprint density at radius 2 is 2.00 bits per heavy atom. The van der Waals surface area contributed by atoms with Crippen LogP contribution >= 0.6 is 0 Å². The molecule has 0 bridgehead atoms. The van der Waals surface area contributed by atoms with Crippen LogP contribution in [0.1, 0.15) is 46.7 Å². The average Bonchev–Trinajstić information content (AvgIpc) is 3.35. The van der Waals surface area contributed by atoms with Gasteiger partial charge in [0, 0.05) is 48.8 Å². The van der Waals surface area contributed by atoms with Crippen molar-refractivity contribution in [2.45, 2.75) is 38.8 Å². The lowest BCUT2D eigenvalue weighted by atomic mass is 10.0. The van der Waals surface area contributed by atoms with Gasteiger partial charge in [0.05, 0.1) is 26.2 Å². The Kier molecular flexibility index (Phi) is 7.11. The van der Waals surface area contributed by atoms with E-state index in [-0.39, 0.29) is 24.9 Å². The Morgan fingerprint density at radius 3 is 2.78 bits per heavy atom. The van der Waals surface area contributed by atoms with E-state index in [9.17, 15) is 9.59 Å². The zero-order chi connectivity index (χ0) is 25.8. The van der Waals surface area contributed by atoms with Gasteiger partial charge in [0.2, 0.25) is 5.88 Å². The molecule has 37 heavy (non-hydrogen) atoms. The van der Waals surface area contributed by atoms with Crippen molar-refractivity contribution < 1.29 is 19.1 Å². The predicted molar refractivity (Wildman–Crippen MR) is 137 cm³/mol. The van der Waals surface area contributed by atoms with Gasteiger partial charge in [-0.25, -0.2) is 15.0 Å². The molecule has 0 radical (unpaired) electrons. The first kappa shape index (κ1) is 24.4. The number of carbonyl (C=O) groups excluding carboxylic acids is 2. The van der Waals surface area contributed by atoms with Crippen LogP contribution in [-0.2, 0) is 28.9 Å². The number of hydrogen-bond donors (Lipinski definition) is 0. The lowest BCUT2D eigenvalue weighted by Gasteiger charge is -2.35. The molecule has 9 nitrogen and oxygen atoms in total. The molecule has 0 fully saturated rings. The largest absolute Gasteiger partial charge is 0.481 e. The summed E-state index contributed by atoms with van der Waals surface area (Å²) in [6, 6.07) is 13.0. The lowest BCUT2D eigenvalue weighted by Crippen LogP contribution is -2.43. The van der Waals surface area contributed by atoms with Crippen molar-refractivity contribution in [3.63, 3.8) is 0 Å². The van der Waals surface area contributed by atoms with Crippen LogP contribution in [0.15, 0.2) is 61.1 Å². The quantitative estimate of drug-likeness (QED) is 0.323. The third-order valence-electron chi connectivity index (χ3n) is 6.60. The van der Waals surface area contributed by atoms with Gasteiger partial charge in [-0.3, -0.25) is 9.59 Å². The van der Waals surface area contributed by atoms with Crippen LogP contribution in [-0.4, -0.2) is 56.6 Å². The Bertz CT molecular complexity index is 1420. The number of pyridine rings is 3. The Labute approximate surface area is 215 Å². The number of carbonyl (C=O) groups is 2. The van der Waals surface area contributed by atoms with Crippen LogP contribution < -0.4 is 4.74 Å². The van der Waals surface area contributed by atoms with E-state index in [1.165, 1.54) is 0 Å². The van der Waals surface area contributed by atoms with E-state index in [4.69, 9.17) is 9.47 Å². The number of rotatable bonds is 9. The molecular formula is C28H29N5O4. The highest BCUT2D eigenvalue weighted by atomic mass is 16.5. The van der Waals surface area contributed by atoms with Gasteiger partial charge in [-0.2, -0.15) is 0 Å². The fourth-order valence-corrected chi connectivity index (χ4v) is 4.73. The third-order valence-corrected chi connectivity index (χ3v) is 6.60. The van der Waals surface area contributed by atoms with Gasteiger partial charge in [-0.05, 0) is 61.2 Å². The Balaban J connectivity index is 1.34. The second-order valence-electron chi connectivity index (χ2n) is 8.94. The molecule has 9 heteroatoms. The van der Waals surface area contributed by atoms with Crippen LogP contribution in [0.3, 0.4) is 0 Å². The van der Waals surface area contributed by atoms with Gasteiger partial charge in [0.25, 0.3) is 5.91 Å². The molecule has 0 spiro atoms. The molecule has 190 valence electrons. The number of hydrogen-bond acceptors (Lipinski definition) is 7. The summed E-state index contributed by atoms with van der Waals surface area (Å²) >= 11 is 0. The van der Waals surface area contributed by atoms with Crippen LogP contribution in [0, 0.1) is 0 Å². The second kappa shape index (κ2) is 10.8. The van der Waals surface area contributed by atoms with Crippen LogP contribution in [0.5, 0.6) is 5.88 Å². The number of esters is 1. The molecule has 0 aromatic carbocycles. The molecule has 4 aromatic heterocycles. The first-order valence-electron chi connectivity index (χ1n) is 12.4. The van der Waals surface area contributed by atoms with E-state index < -0.39 is 6.04 Å². The predicted octanol–water partition coefficient (Wildman–Crippen LogP) is 3.77. The first-order chi connectivity index (χ1) is 18.1. The summed E-state index contributed by atoms with van der Waals surface area (Å²) in [7, 11) is 1.55. The SMILES string of the molecule is CCOC(=O)C[C@@H](c1ccc(OC)nc1)N1CCn2cc(CCc3ccc4cccnc4n3)cc2C1=O. The molecule has 4 aromatic rings. The van der Waals surface area contributed by atoms with Gasteiger partial charge >= 0.3 is 5.97 Å². The molecule has 5 rings (SSSR count). The summed E-state index contributed by atoms with van der Waals surface area (Å²) in [5.41, 5.74) is 4.15. The molecule has 1 aliphatic heterocycles. The van der Waals surface area contributed by atoms with E-state index in [1.807, 2.05) is 47.2 Å². The molecule has 5 heterocycles. The van der Waals surface area contributed by atoms with Gasteiger partial charge in [-0.1, -0.05) is 6.07 Å². The molecule has 0 unspecified atom stereocenters. The van der Waals surface area contributed by atoms with Crippen molar-refractivity contribution in [3.8, 4) is 5.88 Å². The van der Waals surface area contributed by atoms with E-state index in [0.29, 0.717) is 24.7 Å². The smallest absolute Gasteiger partial charge is 0.308 e. The van der Waals surface area contributed by atoms with Gasteiger partial charge in [0.1, 0.15) is 5.69 Å².